The summed E-state index contributed by atoms with van der Waals surface area (Å²) in [6.07, 6.45) is 6.34. The van der Waals surface area contributed by atoms with E-state index in [9.17, 15) is 0 Å². The van der Waals surface area contributed by atoms with E-state index >= 15 is 0 Å². The quantitative estimate of drug-likeness (QED) is 0.786. The Labute approximate surface area is 126 Å². The van der Waals surface area contributed by atoms with Crippen LogP contribution in [0.25, 0.3) is 4.96 Å². The number of aromatic nitrogens is 3. The SMILES string of the molecule is Cc1ncccc1Oc1nc2sccn2c1CNC1CC1. The molecule has 1 saturated carbocycles. The number of ether oxygens (including phenoxy) is 1. The van der Waals surface area contributed by atoms with Crippen molar-refractivity contribution in [3.05, 3.63) is 41.3 Å². The van der Waals surface area contributed by atoms with E-state index in [0.717, 1.165) is 28.6 Å². The number of nitrogens with one attached hydrogen (secondary N) is 1. The molecule has 108 valence electrons. The standard InChI is InChI=1S/C15H16N4OS/c1-10-13(3-2-6-16-10)20-14-12(9-17-11-4-5-11)19-7-8-21-15(19)18-14/h2-3,6-8,11,17H,4-5,9H2,1H3. The summed E-state index contributed by atoms with van der Waals surface area (Å²) in [6.45, 7) is 2.72. The van der Waals surface area contributed by atoms with Crippen molar-refractivity contribution < 1.29 is 4.74 Å². The molecule has 4 rings (SSSR count). The Morgan fingerprint density at radius 2 is 2.38 bits per heavy atom. The first-order valence-electron chi connectivity index (χ1n) is 7.08. The molecule has 0 aliphatic heterocycles. The van der Waals surface area contributed by atoms with E-state index in [1.165, 1.54) is 12.8 Å². The normalized spacial score (nSPS) is 14.7. The zero-order chi connectivity index (χ0) is 14.2. The number of hydrogen-bond donors (Lipinski definition) is 1. The minimum absolute atomic E-state index is 0.655. The molecule has 0 aromatic carbocycles. The monoisotopic (exact) mass is 300 g/mol. The maximum absolute atomic E-state index is 6.01. The van der Waals surface area contributed by atoms with Gasteiger partial charge in [-0.05, 0) is 31.9 Å². The molecule has 5 nitrogen and oxygen atoms in total. The lowest BCUT2D eigenvalue weighted by atomic mass is 10.3. The molecule has 3 heterocycles. The maximum atomic E-state index is 6.01. The second kappa shape index (κ2) is 5.13. The predicted octanol–water partition coefficient (Wildman–Crippen LogP) is 3.14. The smallest absolute Gasteiger partial charge is 0.243 e. The van der Waals surface area contributed by atoms with Crippen LogP contribution in [0.15, 0.2) is 29.9 Å². The Morgan fingerprint density at radius 1 is 1.48 bits per heavy atom. The summed E-state index contributed by atoms with van der Waals surface area (Å²) < 4.78 is 8.11. The molecule has 6 heteroatoms. The molecule has 0 bridgehead atoms. The maximum Gasteiger partial charge on any atom is 0.243 e. The van der Waals surface area contributed by atoms with E-state index in [1.54, 1.807) is 17.5 Å². The third-order valence-electron chi connectivity index (χ3n) is 3.62. The van der Waals surface area contributed by atoms with Crippen molar-refractivity contribution in [2.45, 2.75) is 32.4 Å². The topological polar surface area (TPSA) is 51.5 Å². The lowest BCUT2D eigenvalue weighted by molar-refractivity contribution is 0.449. The summed E-state index contributed by atoms with van der Waals surface area (Å²) in [6, 6.07) is 4.46. The van der Waals surface area contributed by atoms with E-state index in [2.05, 4.69) is 19.7 Å². The average molecular weight is 300 g/mol. The van der Waals surface area contributed by atoms with Gasteiger partial charge < -0.3 is 10.1 Å². The molecule has 3 aromatic heterocycles. The molecule has 0 amide bonds. The molecule has 1 aliphatic carbocycles. The minimum atomic E-state index is 0.655. The number of thiazole rings is 1. The third-order valence-corrected chi connectivity index (χ3v) is 4.38. The van der Waals surface area contributed by atoms with Gasteiger partial charge in [0.25, 0.3) is 0 Å². The molecule has 3 aromatic rings. The van der Waals surface area contributed by atoms with Gasteiger partial charge in [-0.1, -0.05) is 0 Å². The zero-order valence-corrected chi connectivity index (χ0v) is 12.6. The van der Waals surface area contributed by atoms with E-state index < -0.39 is 0 Å². The summed E-state index contributed by atoms with van der Waals surface area (Å²) in [7, 11) is 0. The molecule has 0 spiro atoms. The molecular formula is C15H16N4OS. The van der Waals surface area contributed by atoms with Crippen molar-refractivity contribution in [1.82, 2.24) is 19.7 Å². The molecule has 0 unspecified atom stereocenters. The number of fused-ring (bicyclic) bond motifs is 1. The summed E-state index contributed by atoms with van der Waals surface area (Å²) in [5.41, 5.74) is 1.94. The Kier molecular flexibility index (Phi) is 3.12. The third kappa shape index (κ3) is 2.52. The van der Waals surface area contributed by atoms with Crippen LogP contribution in [0, 0.1) is 6.92 Å². The predicted molar refractivity (Wildman–Crippen MR) is 82.0 cm³/mol. The fourth-order valence-electron chi connectivity index (χ4n) is 2.27. The molecule has 0 atom stereocenters. The van der Waals surface area contributed by atoms with Crippen LogP contribution >= 0.6 is 11.3 Å². The molecule has 1 aliphatic rings. The first kappa shape index (κ1) is 12.8. The molecule has 0 saturated heterocycles. The highest BCUT2D eigenvalue weighted by atomic mass is 32.1. The van der Waals surface area contributed by atoms with Crippen LogP contribution in [0.3, 0.4) is 0 Å². The van der Waals surface area contributed by atoms with Gasteiger partial charge in [0.2, 0.25) is 5.88 Å². The van der Waals surface area contributed by atoms with Crippen molar-refractivity contribution in [3.8, 4) is 11.6 Å². The van der Waals surface area contributed by atoms with Gasteiger partial charge in [-0.2, -0.15) is 4.98 Å². The summed E-state index contributed by atoms with van der Waals surface area (Å²) in [5, 5.41) is 5.57. The van der Waals surface area contributed by atoms with Crippen molar-refractivity contribution in [2.24, 2.45) is 0 Å². The fourth-order valence-corrected chi connectivity index (χ4v) is 2.99. The van der Waals surface area contributed by atoms with E-state index in [0.29, 0.717) is 11.9 Å². The van der Waals surface area contributed by atoms with Crippen molar-refractivity contribution in [2.75, 3.05) is 0 Å². The Bertz CT molecular complexity index is 775. The first-order chi connectivity index (χ1) is 10.3. The van der Waals surface area contributed by atoms with Gasteiger partial charge in [0.1, 0.15) is 5.69 Å². The Morgan fingerprint density at radius 3 is 3.19 bits per heavy atom. The molecule has 1 N–H and O–H groups in total. The van der Waals surface area contributed by atoms with Crippen LogP contribution in [0.4, 0.5) is 0 Å². The molecular weight excluding hydrogens is 284 g/mol. The first-order valence-corrected chi connectivity index (χ1v) is 7.96. The van der Waals surface area contributed by atoms with Gasteiger partial charge in [0, 0.05) is 30.4 Å². The van der Waals surface area contributed by atoms with Crippen LogP contribution in [-0.4, -0.2) is 20.4 Å². The van der Waals surface area contributed by atoms with Gasteiger partial charge in [-0.3, -0.25) is 9.38 Å². The van der Waals surface area contributed by atoms with E-state index in [4.69, 9.17) is 4.74 Å². The van der Waals surface area contributed by atoms with E-state index in [-0.39, 0.29) is 0 Å². The van der Waals surface area contributed by atoms with Crippen molar-refractivity contribution in [1.29, 1.82) is 0 Å². The number of imidazole rings is 1. The summed E-state index contributed by atoms with van der Waals surface area (Å²) in [5.74, 6) is 1.43. The number of rotatable bonds is 5. The number of aryl methyl sites for hydroxylation is 1. The van der Waals surface area contributed by atoms with Crippen LogP contribution in [0.5, 0.6) is 11.6 Å². The van der Waals surface area contributed by atoms with Gasteiger partial charge in [-0.25, -0.2) is 0 Å². The van der Waals surface area contributed by atoms with Crippen molar-refractivity contribution >= 4 is 16.3 Å². The summed E-state index contributed by atoms with van der Waals surface area (Å²) in [4.78, 5) is 9.81. The summed E-state index contributed by atoms with van der Waals surface area (Å²) >= 11 is 1.62. The molecule has 0 radical (unpaired) electrons. The Hall–Kier alpha value is -1.92. The lowest BCUT2D eigenvalue weighted by Gasteiger charge is -2.08. The van der Waals surface area contributed by atoms with Crippen molar-refractivity contribution in [3.63, 3.8) is 0 Å². The average Bonchev–Trinajstić information content (AvgIpc) is 3.10. The lowest BCUT2D eigenvalue weighted by Crippen LogP contribution is -2.16. The number of pyridine rings is 1. The van der Waals surface area contributed by atoms with Gasteiger partial charge in [0.15, 0.2) is 10.7 Å². The number of nitrogens with zero attached hydrogens (tertiary/aromatic N) is 3. The van der Waals surface area contributed by atoms with Gasteiger partial charge in [-0.15, -0.1) is 11.3 Å². The fraction of sp³-hybridized carbons (Fsp3) is 0.333. The highest BCUT2D eigenvalue weighted by molar-refractivity contribution is 7.15. The molecule has 1 fully saturated rings. The minimum Gasteiger partial charge on any atom is -0.435 e. The second-order valence-corrected chi connectivity index (χ2v) is 6.14. The van der Waals surface area contributed by atoms with Gasteiger partial charge >= 0.3 is 0 Å². The van der Waals surface area contributed by atoms with Crippen LogP contribution in [0.2, 0.25) is 0 Å². The second-order valence-electron chi connectivity index (χ2n) is 5.26. The van der Waals surface area contributed by atoms with Crippen LogP contribution < -0.4 is 10.1 Å². The van der Waals surface area contributed by atoms with Crippen LogP contribution in [-0.2, 0) is 6.54 Å². The highest BCUT2D eigenvalue weighted by Crippen LogP contribution is 2.29. The molecule has 21 heavy (non-hydrogen) atoms. The van der Waals surface area contributed by atoms with E-state index in [1.807, 2.05) is 30.6 Å². The zero-order valence-electron chi connectivity index (χ0n) is 11.7. The Balaban J connectivity index is 1.67. The number of hydrogen-bond acceptors (Lipinski definition) is 5. The van der Waals surface area contributed by atoms with Crippen LogP contribution in [0.1, 0.15) is 24.2 Å². The van der Waals surface area contributed by atoms with Gasteiger partial charge in [0.05, 0.1) is 5.69 Å². The highest BCUT2D eigenvalue weighted by Gasteiger charge is 2.23. The largest absolute Gasteiger partial charge is 0.435 e.